The summed E-state index contributed by atoms with van der Waals surface area (Å²) in [6.45, 7) is 1.77. The Bertz CT molecular complexity index is 658. The molecule has 0 aromatic carbocycles. The van der Waals surface area contributed by atoms with Gasteiger partial charge < -0.3 is 5.73 Å². The van der Waals surface area contributed by atoms with Crippen molar-refractivity contribution in [1.82, 2.24) is 25.1 Å². The number of anilines is 1. The van der Waals surface area contributed by atoms with Gasteiger partial charge in [0, 0.05) is 7.05 Å². The zero-order valence-corrected chi connectivity index (χ0v) is 10.7. The van der Waals surface area contributed by atoms with E-state index in [1.165, 1.54) is 11.6 Å². The SMILES string of the molecule is CCCS(=O)(=O)c1nnc(-c2nonc2N)n1C. The lowest BCUT2D eigenvalue weighted by Gasteiger charge is -2.02. The fourth-order valence-corrected chi connectivity index (χ4v) is 2.89. The van der Waals surface area contributed by atoms with Gasteiger partial charge in [-0.25, -0.2) is 13.0 Å². The van der Waals surface area contributed by atoms with Crippen molar-refractivity contribution in [2.75, 3.05) is 11.5 Å². The molecule has 0 saturated heterocycles. The topological polar surface area (TPSA) is 130 Å². The Balaban J connectivity index is 2.51. The zero-order chi connectivity index (χ0) is 13.3. The largest absolute Gasteiger partial charge is 0.379 e. The molecule has 2 aromatic rings. The third-order valence-electron chi connectivity index (χ3n) is 2.31. The molecule has 0 atom stereocenters. The summed E-state index contributed by atoms with van der Waals surface area (Å²) < 4.78 is 29.6. The van der Waals surface area contributed by atoms with Crippen LogP contribution in [0.3, 0.4) is 0 Å². The van der Waals surface area contributed by atoms with Crippen molar-refractivity contribution in [3.8, 4) is 11.5 Å². The van der Waals surface area contributed by atoms with Crippen LogP contribution in [0.5, 0.6) is 0 Å². The molecule has 0 unspecified atom stereocenters. The molecule has 0 aliphatic rings. The van der Waals surface area contributed by atoms with Gasteiger partial charge >= 0.3 is 0 Å². The molecule has 2 aromatic heterocycles. The van der Waals surface area contributed by atoms with Gasteiger partial charge in [0.2, 0.25) is 15.0 Å². The Morgan fingerprint density at radius 3 is 2.61 bits per heavy atom. The van der Waals surface area contributed by atoms with Crippen LogP contribution in [0.15, 0.2) is 9.79 Å². The molecule has 9 nitrogen and oxygen atoms in total. The maximum absolute atomic E-state index is 11.9. The van der Waals surface area contributed by atoms with Crippen LogP contribution in [0.4, 0.5) is 5.82 Å². The molecule has 0 radical (unpaired) electrons. The minimum absolute atomic E-state index is 0.00548. The van der Waals surface area contributed by atoms with Crippen LogP contribution in [0.1, 0.15) is 13.3 Å². The lowest BCUT2D eigenvalue weighted by molar-refractivity contribution is 0.310. The second-order valence-electron chi connectivity index (χ2n) is 3.68. The van der Waals surface area contributed by atoms with Crippen molar-refractivity contribution in [2.45, 2.75) is 18.5 Å². The van der Waals surface area contributed by atoms with Crippen LogP contribution in [0.25, 0.3) is 11.5 Å². The van der Waals surface area contributed by atoms with E-state index >= 15 is 0 Å². The van der Waals surface area contributed by atoms with Gasteiger partial charge in [-0.1, -0.05) is 6.92 Å². The van der Waals surface area contributed by atoms with Gasteiger partial charge in [0.15, 0.2) is 17.3 Å². The van der Waals surface area contributed by atoms with E-state index in [0.29, 0.717) is 6.42 Å². The molecule has 98 valence electrons. The maximum Gasteiger partial charge on any atom is 0.249 e. The Kier molecular flexibility index (Phi) is 3.03. The van der Waals surface area contributed by atoms with Crippen molar-refractivity contribution in [3.05, 3.63) is 0 Å². The highest BCUT2D eigenvalue weighted by atomic mass is 32.2. The molecule has 2 heterocycles. The predicted octanol–water partition coefficient (Wildman–Crippen LogP) is -0.369. The predicted molar refractivity (Wildman–Crippen MR) is 61.1 cm³/mol. The number of hydrogen-bond donors (Lipinski definition) is 1. The minimum atomic E-state index is -3.45. The lowest BCUT2D eigenvalue weighted by Crippen LogP contribution is -2.12. The molecule has 18 heavy (non-hydrogen) atoms. The van der Waals surface area contributed by atoms with Crippen LogP contribution in [0.2, 0.25) is 0 Å². The normalized spacial score (nSPS) is 11.9. The number of nitrogen functional groups attached to an aromatic ring is 1. The number of nitrogens with two attached hydrogens (primary N) is 1. The van der Waals surface area contributed by atoms with Gasteiger partial charge in [0.05, 0.1) is 5.75 Å². The first kappa shape index (κ1) is 12.5. The van der Waals surface area contributed by atoms with Crippen molar-refractivity contribution in [2.24, 2.45) is 7.05 Å². The zero-order valence-electron chi connectivity index (χ0n) is 9.86. The second-order valence-corrected chi connectivity index (χ2v) is 5.69. The molecule has 0 aliphatic heterocycles. The summed E-state index contributed by atoms with van der Waals surface area (Å²) >= 11 is 0. The average Bonchev–Trinajstić information content (AvgIpc) is 2.84. The number of rotatable bonds is 4. The second kappa shape index (κ2) is 4.37. The molecule has 0 amide bonds. The Morgan fingerprint density at radius 1 is 1.33 bits per heavy atom. The smallest absolute Gasteiger partial charge is 0.249 e. The van der Waals surface area contributed by atoms with Crippen molar-refractivity contribution < 1.29 is 13.0 Å². The first-order valence-corrected chi connectivity index (χ1v) is 6.83. The molecular weight excluding hydrogens is 260 g/mol. The van der Waals surface area contributed by atoms with Crippen LogP contribution in [-0.4, -0.2) is 39.2 Å². The molecule has 0 aliphatic carbocycles. The summed E-state index contributed by atoms with van der Waals surface area (Å²) in [6.07, 6.45) is 0.498. The maximum atomic E-state index is 11.9. The standard InChI is InChI=1S/C8H12N6O3S/c1-3-4-18(15,16)8-11-10-7(14(8)2)5-6(9)13-17-12-5/h3-4H2,1-2H3,(H2,9,13). The molecule has 0 fully saturated rings. The summed E-state index contributed by atoms with van der Waals surface area (Å²) in [6, 6.07) is 0. The fraction of sp³-hybridized carbons (Fsp3) is 0.500. The summed E-state index contributed by atoms with van der Waals surface area (Å²) in [4.78, 5) is 0. The van der Waals surface area contributed by atoms with Crippen LogP contribution < -0.4 is 5.73 Å². The average molecular weight is 272 g/mol. The third kappa shape index (κ3) is 1.94. The van der Waals surface area contributed by atoms with Gasteiger partial charge in [-0.05, 0) is 16.7 Å². The van der Waals surface area contributed by atoms with Gasteiger partial charge in [-0.3, -0.25) is 4.57 Å². The highest BCUT2D eigenvalue weighted by Crippen LogP contribution is 2.21. The van der Waals surface area contributed by atoms with E-state index in [0.717, 1.165) is 0 Å². The van der Waals surface area contributed by atoms with E-state index in [1.807, 2.05) is 0 Å². The highest BCUT2D eigenvalue weighted by Gasteiger charge is 2.25. The number of sulfone groups is 1. The van der Waals surface area contributed by atoms with Crippen LogP contribution in [-0.2, 0) is 16.9 Å². The van der Waals surface area contributed by atoms with Gasteiger partial charge in [0.1, 0.15) is 0 Å². The highest BCUT2D eigenvalue weighted by molar-refractivity contribution is 7.91. The molecule has 0 bridgehead atoms. The van der Waals surface area contributed by atoms with E-state index < -0.39 is 9.84 Å². The van der Waals surface area contributed by atoms with Gasteiger partial charge in [-0.15, -0.1) is 10.2 Å². The molecule has 2 N–H and O–H groups in total. The van der Waals surface area contributed by atoms with E-state index in [-0.39, 0.29) is 28.2 Å². The van der Waals surface area contributed by atoms with Gasteiger partial charge in [-0.2, -0.15) is 0 Å². The van der Waals surface area contributed by atoms with Crippen molar-refractivity contribution in [3.63, 3.8) is 0 Å². The number of hydrogen-bond acceptors (Lipinski definition) is 8. The van der Waals surface area contributed by atoms with E-state index in [9.17, 15) is 8.42 Å². The van der Waals surface area contributed by atoms with Crippen molar-refractivity contribution >= 4 is 15.7 Å². The molecule has 0 saturated carbocycles. The summed E-state index contributed by atoms with van der Waals surface area (Å²) in [7, 11) is -1.93. The number of nitrogens with zero attached hydrogens (tertiary/aromatic N) is 5. The molecule has 10 heteroatoms. The van der Waals surface area contributed by atoms with Gasteiger partial charge in [0.25, 0.3) is 0 Å². The monoisotopic (exact) mass is 272 g/mol. The molecule has 2 rings (SSSR count). The first-order chi connectivity index (χ1) is 8.47. The van der Waals surface area contributed by atoms with Crippen LogP contribution in [0, 0.1) is 0 Å². The van der Waals surface area contributed by atoms with E-state index in [1.54, 1.807) is 6.92 Å². The molecular formula is C8H12N6O3S. The summed E-state index contributed by atoms with van der Waals surface area (Å²) in [5.74, 6) is 0.235. The Hall–Kier alpha value is -1.97. The third-order valence-corrected chi connectivity index (χ3v) is 4.17. The lowest BCUT2D eigenvalue weighted by atomic mass is 10.4. The molecule has 0 spiro atoms. The first-order valence-electron chi connectivity index (χ1n) is 5.18. The Labute approximate surface area is 103 Å². The Morgan fingerprint density at radius 2 is 2.06 bits per heavy atom. The summed E-state index contributed by atoms with van der Waals surface area (Å²) in [5.41, 5.74) is 5.69. The minimum Gasteiger partial charge on any atom is -0.379 e. The summed E-state index contributed by atoms with van der Waals surface area (Å²) in [5, 5.41) is 14.3. The quantitative estimate of drug-likeness (QED) is 0.797. The fourth-order valence-electron chi connectivity index (χ4n) is 1.50. The van der Waals surface area contributed by atoms with Crippen molar-refractivity contribution in [1.29, 1.82) is 0 Å². The number of aromatic nitrogens is 5. The van der Waals surface area contributed by atoms with E-state index in [2.05, 4.69) is 25.1 Å². The van der Waals surface area contributed by atoms with Crippen LogP contribution >= 0.6 is 0 Å². The van der Waals surface area contributed by atoms with E-state index in [4.69, 9.17) is 5.73 Å².